The first-order valence-electron chi connectivity index (χ1n) is 10.5. The number of hydrogen-bond acceptors (Lipinski definition) is 5. The van der Waals surface area contributed by atoms with Crippen molar-refractivity contribution in [3.63, 3.8) is 0 Å². The zero-order chi connectivity index (χ0) is 21.6. The third kappa shape index (κ3) is 4.79. The summed E-state index contributed by atoms with van der Waals surface area (Å²) in [6.45, 7) is 1.15. The van der Waals surface area contributed by atoms with Gasteiger partial charge in [0.2, 0.25) is 0 Å². The van der Waals surface area contributed by atoms with Gasteiger partial charge in [-0.15, -0.1) is 10.2 Å². The molecular weight excluding hydrogens is 394 g/mol. The number of hydrogen-bond donors (Lipinski definition) is 1. The summed E-state index contributed by atoms with van der Waals surface area (Å²) in [5.41, 5.74) is 1.36. The number of nitrogens with zero attached hydrogens (tertiary/aromatic N) is 4. The summed E-state index contributed by atoms with van der Waals surface area (Å²) < 4.78 is 13.0. The van der Waals surface area contributed by atoms with Crippen molar-refractivity contribution >= 4 is 17.4 Å². The summed E-state index contributed by atoms with van der Waals surface area (Å²) in [4.78, 5) is 15.0. The number of rotatable bonds is 6. The van der Waals surface area contributed by atoms with E-state index in [9.17, 15) is 4.79 Å². The Bertz CT molecular complexity index is 1010. The molecule has 0 saturated carbocycles. The Morgan fingerprint density at radius 3 is 2.48 bits per heavy atom. The summed E-state index contributed by atoms with van der Waals surface area (Å²) in [5, 5.41) is 11.8. The van der Waals surface area contributed by atoms with Gasteiger partial charge >= 0.3 is 6.03 Å². The van der Waals surface area contributed by atoms with Crippen molar-refractivity contribution in [3.8, 4) is 11.5 Å². The quantitative estimate of drug-likeness (QED) is 0.643. The van der Waals surface area contributed by atoms with Crippen LogP contribution in [0.15, 0.2) is 48.5 Å². The Balaban J connectivity index is 1.69. The molecule has 31 heavy (non-hydrogen) atoms. The number of aromatic nitrogens is 3. The highest BCUT2D eigenvalue weighted by molar-refractivity contribution is 6.01. The molecule has 0 bridgehead atoms. The van der Waals surface area contributed by atoms with Crippen molar-refractivity contribution < 1.29 is 14.3 Å². The first kappa shape index (κ1) is 20.7. The smallest absolute Gasteiger partial charge is 0.326 e. The summed E-state index contributed by atoms with van der Waals surface area (Å²) in [7, 11) is 3.18. The van der Waals surface area contributed by atoms with Crippen LogP contribution in [0.3, 0.4) is 0 Å². The van der Waals surface area contributed by atoms with Crippen LogP contribution in [0.5, 0.6) is 11.5 Å². The SMILES string of the molecule is COc1cc(OC)cc(N(Cc2nnc3n2CCCCC3)C(=O)Nc2ccccc2)c1. The second-order valence-electron chi connectivity index (χ2n) is 7.45. The van der Waals surface area contributed by atoms with Crippen molar-refractivity contribution in [3.05, 3.63) is 60.2 Å². The molecule has 0 atom stereocenters. The molecule has 0 aliphatic carbocycles. The van der Waals surface area contributed by atoms with Crippen LogP contribution in [0.4, 0.5) is 16.2 Å². The van der Waals surface area contributed by atoms with Gasteiger partial charge in [0.15, 0.2) is 5.82 Å². The van der Waals surface area contributed by atoms with Crippen LogP contribution in [-0.2, 0) is 19.5 Å². The summed E-state index contributed by atoms with van der Waals surface area (Å²) in [6, 6.07) is 14.5. The first-order valence-corrected chi connectivity index (χ1v) is 10.5. The molecule has 2 amide bonds. The van der Waals surface area contributed by atoms with E-state index in [1.165, 1.54) is 6.42 Å². The molecule has 162 valence electrons. The lowest BCUT2D eigenvalue weighted by Gasteiger charge is -2.24. The van der Waals surface area contributed by atoms with E-state index < -0.39 is 0 Å². The fourth-order valence-corrected chi connectivity index (χ4v) is 3.74. The van der Waals surface area contributed by atoms with E-state index in [2.05, 4.69) is 20.1 Å². The zero-order valence-electron chi connectivity index (χ0n) is 17.9. The number of carbonyl (C=O) groups excluding carboxylic acids is 1. The van der Waals surface area contributed by atoms with Gasteiger partial charge in [0, 0.05) is 36.9 Å². The van der Waals surface area contributed by atoms with Gasteiger partial charge in [0.05, 0.1) is 26.5 Å². The summed E-state index contributed by atoms with van der Waals surface area (Å²) in [5.74, 6) is 2.96. The zero-order valence-corrected chi connectivity index (χ0v) is 17.9. The Hall–Kier alpha value is -3.55. The Morgan fingerprint density at radius 2 is 1.77 bits per heavy atom. The minimum absolute atomic E-state index is 0.271. The number of benzene rings is 2. The van der Waals surface area contributed by atoms with Gasteiger partial charge in [-0.25, -0.2) is 4.79 Å². The van der Waals surface area contributed by atoms with Crippen LogP contribution in [0.1, 0.15) is 30.9 Å². The largest absolute Gasteiger partial charge is 0.497 e. The maximum absolute atomic E-state index is 13.4. The fraction of sp³-hybridized carbons (Fsp3) is 0.348. The average molecular weight is 422 g/mol. The van der Waals surface area contributed by atoms with Crippen LogP contribution >= 0.6 is 0 Å². The maximum atomic E-state index is 13.4. The number of ether oxygens (including phenoxy) is 2. The summed E-state index contributed by atoms with van der Waals surface area (Å²) in [6.07, 6.45) is 4.29. The Labute approximate surface area is 181 Å². The summed E-state index contributed by atoms with van der Waals surface area (Å²) >= 11 is 0. The molecule has 1 N–H and O–H groups in total. The molecule has 0 saturated heterocycles. The van der Waals surface area contributed by atoms with Gasteiger partial charge < -0.3 is 19.4 Å². The van der Waals surface area contributed by atoms with Crippen molar-refractivity contribution in [1.29, 1.82) is 0 Å². The second kappa shape index (κ2) is 9.51. The number of anilines is 2. The number of amides is 2. The first-order chi connectivity index (χ1) is 15.2. The van der Waals surface area contributed by atoms with Crippen LogP contribution in [0, 0.1) is 0 Å². The predicted octanol–water partition coefficient (Wildman–Crippen LogP) is 4.26. The predicted molar refractivity (Wildman–Crippen MR) is 119 cm³/mol. The van der Waals surface area contributed by atoms with E-state index in [0.717, 1.165) is 37.5 Å². The van der Waals surface area contributed by atoms with Gasteiger partial charge in [0.25, 0.3) is 0 Å². The molecule has 3 aromatic rings. The molecule has 1 aromatic heterocycles. The van der Waals surface area contributed by atoms with Crippen LogP contribution < -0.4 is 19.7 Å². The van der Waals surface area contributed by atoms with Crippen LogP contribution in [0.2, 0.25) is 0 Å². The minimum atomic E-state index is -0.271. The monoisotopic (exact) mass is 421 g/mol. The number of nitrogens with one attached hydrogen (secondary N) is 1. The highest BCUT2D eigenvalue weighted by Gasteiger charge is 2.23. The van der Waals surface area contributed by atoms with Gasteiger partial charge in [-0.1, -0.05) is 24.6 Å². The van der Waals surface area contributed by atoms with Gasteiger partial charge in [-0.2, -0.15) is 0 Å². The third-order valence-electron chi connectivity index (χ3n) is 5.40. The van der Waals surface area contributed by atoms with Crippen molar-refractivity contribution in [1.82, 2.24) is 14.8 Å². The highest BCUT2D eigenvalue weighted by Crippen LogP contribution is 2.30. The normalized spacial score (nSPS) is 13.1. The lowest BCUT2D eigenvalue weighted by atomic mass is 10.2. The molecule has 8 nitrogen and oxygen atoms in total. The van der Waals surface area contributed by atoms with Crippen molar-refractivity contribution in [2.45, 2.75) is 38.8 Å². The van der Waals surface area contributed by atoms with E-state index >= 15 is 0 Å². The molecule has 8 heteroatoms. The van der Waals surface area contributed by atoms with Gasteiger partial charge in [0.1, 0.15) is 17.3 Å². The van der Waals surface area contributed by atoms with E-state index in [-0.39, 0.29) is 12.6 Å². The molecule has 0 spiro atoms. The topological polar surface area (TPSA) is 81.5 Å². The molecule has 0 radical (unpaired) electrons. The number of para-hydroxylation sites is 1. The van der Waals surface area contributed by atoms with Crippen molar-refractivity contribution in [2.24, 2.45) is 0 Å². The van der Waals surface area contributed by atoms with E-state index in [1.54, 1.807) is 25.2 Å². The molecule has 2 heterocycles. The molecule has 4 rings (SSSR count). The number of fused-ring (bicyclic) bond motifs is 1. The minimum Gasteiger partial charge on any atom is -0.497 e. The standard InChI is InChI=1S/C23H27N5O3/c1-30-19-13-18(14-20(15-19)31-2)28(23(29)24-17-9-5-3-6-10-17)16-22-26-25-21-11-7-4-8-12-27(21)22/h3,5-6,9-10,13-15H,4,7-8,11-12,16H2,1-2H3,(H,24,29). The number of aryl methyl sites for hydroxylation is 1. The Morgan fingerprint density at radius 1 is 1.03 bits per heavy atom. The van der Waals surface area contributed by atoms with Crippen LogP contribution in [0.25, 0.3) is 0 Å². The van der Waals surface area contributed by atoms with E-state index in [1.807, 2.05) is 42.5 Å². The maximum Gasteiger partial charge on any atom is 0.326 e. The van der Waals surface area contributed by atoms with Gasteiger partial charge in [-0.3, -0.25) is 4.90 Å². The van der Waals surface area contributed by atoms with Gasteiger partial charge in [-0.05, 0) is 25.0 Å². The molecule has 2 aromatic carbocycles. The van der Waals surface area contributed by atoms with E-state index in [4.69, 9.17) is 9.47 Å². The van der Waals surface area contributed by atoms with Crippen LogP contribution in [-0.4, -0.2) is 35.0 Å². The average Bonchev–Trinajstić information content (AvgIpc) is 3.02. The molecule has 1 aliphatic heterocycles. The third-order valence-corrected chi connectivity index (χ3v) is 5.40. The lowest BCUT2D eigenvalue weighted by molar-refractivity contribution is 0.256. The number of carbonyl (C=O) groups is 1. The molecule has 1 aliphatic rings. The molecule has 0 fully saturated rings. The molecule has 0 unspecified atom stereocenters. The highest BCUT2D eigenvalue weighted by atomic mass is 16.5. The fourth-order valence-electron chi connectivity index (χ4n) is 3.74. The molecular formula is C23H27N5O3. The van der Waals surface area contributed by atoms with Crippen molar-refractivity contribution in [2.75, 3.05) is 24.4 Å². The second-order valence-corrected chi connectivity index (χ2v) is 7.45. The number of urea groups is 1. The Kier molecular flexibility index (Phi) is 6.35. The number of methoxy groups -OCH3 is 2. The van der Waals surface area contributed by atoms with E-state index in [0.29, 0.717) is 22.9 Å². The lowest BCUT2D eigenvalue weighted by Crippen LogP contribution is -2.35.